The Morgan fingerprint density at radius 1 is 1.24 bits per heavy atom. The average molecular weight is 356 g/mol. The molecule has 25 heavy (non-hydrogen) atoms. The van der Waals surface area contributed by atoms with Crippen LogP contribution in [0.1, 0.15) is 33.1 Å². The van der Waals surface area contributed by atoms with Crippen LogP contribution in [0.2, 0.25) is 5.02 Å². The molecule has 1 saturated heterocycles. The molecule has 1 aliphatic heterocycles. The van der Waals surface area contributed by atoms with E-state index in [1.807, 2.05) is 30.5 Å². The van der Waals surface area contributed by atoms with E-state index >= 15 is 0 Å². The van der Waals surface area contributed by atoms with Crippen molar-refractivity contribution in [1.29, 1.82) is 0 Å². The first-order valence-electron chi connectivity index (χ1n) is 8.81. The second kappa shape index (κ2) is 6.30. The van der Waals surface area contributed by atoms with Crippen LogP contribution in [-0.4, -0.2) is 33.3 Å². The highest BCUT2D eigenvalue weighted by molar-refractivity contribution is 6.33. The van der Waals surface area contributed by atoms with Gasteiger partial charge in [-0.25, -0.2) is 9.97 Å². The van der Waals surface area contributed by atoms with E-state index in [4.69, 9.17) is 16.6 Å². The summed E-state index contributed by atoms with van der Waals surface area (Å²) in [5, 5.41) is 8.07. The molecule has 130 valence electrons. The Balaban J connectivity index is 1.64. The predicted octanol–water partition coefficient (Wildman–Crippen LogP) is 4.69. The molecular weight excluding hydrogens is 334 g/mol. The summed E-state index contributed by atoms with van der Waals surface area (Å²) in [4.78, 5) is 11.7. The van der Waals surface area contributed by atoms with Crippen molar-refractivity contribution in [3.63, 3.8) is 0 Å². The van der Waals surface area contributed by atoms with E-state index in [9.17, 15) is 0 Å². The largest absolute Gasteiger partial charge is 0.355 e. The number of aromatic amines is 1. The van der Waals surface area contributed by atoms with Crippen LogP contribution in [0.15, 0.2) is 30.5 Å². The molecule has 6 heteroatoms. The van der Waals surface area contributed by atoms with Crippen molar-refractivity contribution in [2.75, 3.05) is 18.0 Å². The quantitative estimate of drug-likeness (QED) is 0.740. The highest BCUT2D eigenvalue weighted by Gasteiger charge is 2.29. The minimum atomic E-state index is 0.456. The van der Waals surface area contributed by atoms with Gasteiger partial charge in [0.1, 0.15) is 11.3 Å². The molecule has 3 aromatic rings. The fourth-order valence-corrected chi connectivity index (χ4v) is 3.65. The summed E-state index contributed by atoms with van der Waals surface area (Å²) in [7, 11) is 0. The van der Waals surface area contributed by atoms with E-state index in [1.54, 1.807) is 0 Å². The van der Waals surface area contributed by atoms with Gasteiger partial charge in [-0.15, -0.1) is 0 Å². The number of piperidine rings is 1. The van der Waals surface area contributed by atoms with Crippen LogP contribution in [0.5, 0.6) is 0 Å². The van der Waals surface area contributed by atoms with Crippen LogP contribution >= 0.6 is 11.6 Å². The number of H-pyrrole nitrogens is 1. The molecule has 0 atom stereocenters. The van der Waals surface area contributed by atoms with Crippen LogP contribution in [0.4, 0.5) is 5.82 Å². The first-order chi connectivity index (χ1) is 12.1. The van der Waals surface area contributed by atoms with Crippen molar-refractivity contribution in [2.24, 2.45) is 5.41 Å². The molecule has 0 saturated carbocycles. The lowest BCUT2D eigenvalue weighted by atomic mass is 9.78. The lowest BCUT2D eigenvalue weighted by Gasteiger charge is -2.39. The van der Waals surface area contributed by atoms with E-state index in [-0.39, 0.29) is 0 Å². The van der Waals surface area contributed by atoms with Crippen molar-refractivity contribution in [1.82, 2.24) is 20.2 Å². The van der Waals surface area contributed by atoms with Gasteiger partial charge in [-0.2, -0.15) is 5.10 Å². The number of nitrogens with one attached hydrogen (secondary N) is 1. The number of hydrogen-bond donors (Lipinski definition) is 1. The van der Waals surface area contributed by atoms with Crippen molar-refractivity contribution in [2.45, 2.75) is 33.1 Å². The Bertz CT molecular complexity index is 896. The normalized spacial score (nSPS) is 17.2. The third-order valence-electron chi connectivity index (χ3n) is 5.54. The summed E-state index contributed by atoms with van der Waals surface area (Å²) in [5.74, 6) is 0.905. The van der Waals surface area contributed by atoms with Gasteiger partial charge in [0.15, 0.2) is 0 Å². The summed E-state index contributed by atoms with van der Waals surface area (Å²) < 4.78 is 0. The Morgan fingerprint density at radius 3 is 2.72 bits per heavy atom. The minimum absolute atomic E-state index is 0.456. The third kappa shape index (κ3) is 2.97. The summed E-state index contributed by atoms with van der Waals surface area (Å²) in [6.45, 7) is 6.70. The molecule has 1 aromatic carbocycles. The molecule has 0 aliphatic carbocycles. The highest BCUT2D eigenvalue weighted by Crippen LogP contribution is 2.36. The maximum atomic E-state index is 6.31. The number of halogens is 1. The van der Waals surface area contributed by atoms with Gasteiger partial charge >= 0.3 is 0 Å². The van der Waals surface area contributed by atoms with Gasteiger partial charge in [0.25, 0.3) is 0 Å². The molecule has 0 bridgehead atoms. The van der Waals surface area contributed by atoms with Gasteiger partial charge < -0.3 is 4.90 Å². The molecule has 0 radical (unpaired) electrons. The topological polar surface area (TPSA) is 57.7 Å². The standard InChI is InChI=1S/C19H22ClN5/c1-3-19(2)8-10-25(11-9-19)15-12-21-17-16(23-24-18(17)22-15)13-6-4-5-7-14(13)20/h4-7,12H,3,8-11H2,1-2H3,(H,22,23,24). The summed E-state index contributed by atoms with van der Waals surface area (Å²) >= 11 is 6.31. The number of aromatic nitrogens is 4. The van der Waals surface area contributed by atoms with Crippen LogP contribution < -0.4 is 4.90 Å². The van der Waals surface area contributed by atoms with E-state index in [0.29, 0.717) is 16.1 Å². The zero-order valence-corrected chi connectivity index (χ0v) is 15.3. The summed E-state index contributed by atoms with van der Waals surface area (Å²) in [6.07, 6.45) is 5.46. The second-order valence-electron chi connectivity index (χ2n) is 7.13. The van der Waals surface area contributed by atoms with Crippen molar-refractivity contribution < 1.29 is 0 Å². The molecule has 4 rings (SSSR count). The van der Waals surface area contributed by atoms with E-state index in [1.165, 1.54) is 19.3 Å². The molecule has 1 aliphatic rings. The second-order valence-corrected chi connectivity index (χ2v) is 7.54. The third-order valence-corrected chi connectivity index (χ3v) is 5.87. The maximum absolute atomic E-state index is 6.31. The fraction of sp³-hybridized carbons (Fsp3) is 0.421. The van der Waals surface area contributed by atoms with Crippen molar-refractivity contribution >= 4 is 28.6 Å². The summed E-state index contributed by atoms with van der Waals surface area (Å²) in [5.41, 5.74) is 3.56. The van der Waals surface area contributed by atoms with Gasteiger partial charge in [0.05, 0.1) is 16.9 Å². The molecule has 1 fully saturated rings. The van der Waals surface area contributed by atoms with E-state index in [0.717, 1.165) is 35.7 Å². The first-order valence-corrected chi connectivity index (χ1v) is 9.18. The Morgan fingerprint density at radius 2 is 2.00 bits per heavy atom. The number of anilines is 1. The molecule has 0 spiro atoms. The number of nitrogens with zero attached hydrogens (tertiary/aromatic N) is 4. The molecule has 0 amide bonds. The zero-order chi connectivity index (χ0) is 17.4. The molecule has 0 unspecified atom stereocenters. The van der Waals surface area contributed by atoms with Crippen LogP contribution in [-0.2, 0) is 0 Å². The van der Waals surface area contributed by atoms with Gasteiger partial charge in [-0.05, 0) is 24.3 Å². The monoisotopic (exact) mass is 355 g/mol. The van der Waals surface area contributed by atoms with Crippen molar-refractivity contribution in [3.8, 4) is 11.3 Å². The Kier molecular flexibility index (Phi) is 4.12. The molecule has 5 nitrogen and oxygen atoms in total. The lowest BCUT2D eigenvalue weighted by Crippen LogP contribution is -2.38. The lowest BCUT2D eigenvalue weighted by molar-refractivity contribution is 0.238. The number of rotatable bonds is 3. The minimum Gasteiger partial charge on any atom is -0.355 e. The van der Waals surface area contributed by atoms with Gasteiger partial charge in [-0.3, -0.25) is 5.10 Å². The SMILES string of the molecule is CCC1(C)CCN(c2cnc3c(-c4ccccc4Cl)[nH]nc3n2)CC1. The number of fused-ring (bicyclic) bond motifs is 1. The van der Waals surface area contributed by atoms with Gasteiger partial charge in [-0.1, -0.05) is 50.1 Å². The maximum Gasteiger partial charge on any atom is 0.202 e. The highest BCUT2D eigenvalue weighted by atomic mass is 35.5. The zero-order valence-electron chi connectivity index (χ0n) is 14.6. The van der Waals surface area contributed by atoms with Crippen LogP contribution in [0.3, 0.4) is 0 Å². The smallest absolute Gasteiger partial charge is 0.202 e. The predicted molar refractivity (Wildman–Crippen MR) is 102 cm³/mol. The van der Waals surface area contributed by atoms with E-state index in [2.05, 4.69) is 33.9 Å². The average Bonchev–Trinajstić information content (AvgIpc) is 3.06. The van der Waals surface area contributed by atoms with Gasteiger partial charge in [0.2, 0.25) is 5.65 Å². The van der Waals surface area contributed by atoms with E-state index < -0.39 is 0 Å². The first kappa shape index (κ1) is 16.3. The Labute approximate surface area is 152 Å². The van der Waals surface area contributed by atoms with Crippen LogP contribution in [0, 0.1) is 5.41 Å². The van der Waals surface area contributed by atoms with Crippen molar-refractivity contribution in [3.05, 3.63) is 35.5 Å². The molecule has 3 heterocycles. The van der Waals surface area contributed by atoms with Crippen LogP contribution in [0.25, 0.3) is 22.4 Å². The number of benzene rings is 1. The summed E-state index contributed by atoms with van der Waals surface area (Å²) in [6, 6.07) is 7.69. The Hall–Kier alpha value is -2.14. The molecular formula is C19H22ClN5. The number of hydrogen-bond acceptors (Lipinski definition) is 4. The molecule has 2 aromatic heterocycles. The molecule has 1 N–H and O–H groups in total. The fourth-order valence-electron chi connectivity index (χ4n) is 3.42. The van der Waals surface area contributed by atoms with Gasteiger partial charge in [0, 0.05) is 18.7 Å².